The van der Waals surface area contributed by atoms with E-state index in [0.717, 1.165) is 17.7 Å². The largest absolute Gasteiger partial charge is 0.391 e. The van der Waals surface area contributed by atoms with Crippen LogP contribution in [-0.4, -0.2) is 60.3 Å². The second-order valence-corrected chi connectivity index (χ2v) is 7.72. The molecule has 0 aromatic carbocycles. The number of carbonyl (C=O) groups excluding carboxylic acids is 2. The Bertz CT molecular complexity index is 1010. The van der Waals surface area contributed by atoms with Gasteiger partial charge in [-0.2, -0.15) is 18.4 Å². The van der Waals surface area contributed by atoms with E-state index in [1.54, 1.807) is 0 Å². The summed E-state index contributed by atoms with van der Waals surface area (Å²) in [4.78, 5) is 33.4. The lowest BCUT2D eigenvalue weighted by molar-refractivity contribution is -0.149. The highest BCUT2D eigenvalue weighted by atomic mass is 19.4. The predicted octanol–water partition coefficient (Wildman–Crippen LogP) is 1.49. The molecule has 1 saturated carbocycles. The van der Waals surface area contributed by atoms with Gasteiger partial charge in [-0.25, -0.2) is 4.98 Å². The fourth-order valence-corrected chi connectivity index (χ4v) is 3.00. The van der Waals surface area contributed by atoms with Gasteiger partial charge in [0.2, 0.25) is 11.8 Å². The number of nitrogens with one attached hydrogen (secondary N) is 3. The molecule has 12 heteroatoms. The van der Waals surface area contributed by atoms with Crippen LogP contribution in [0.2, 0.25) is 0 Å². The molecule has 1 aliphatic heterocycles. The Morgan fingerprint density at radius 2 is 2.09 bits per heavy atom. The third kappa shape index (κ3) is 5.96. The minimum absolute atomic E-state index is 0.00559. The summed E-state index contributed by atoms with van der Waals surface area (Å²) in [5.74, 6) is -0.371. The normalized spacial score (nSPS) is 16.6. The van der Waals surface area contributed by atoms with Gasteiger partial charge in [0, 0.05) is 31.8 Å². The number of anilines is 1. The van der Waals surface area contributed by atoms with Gasteiger partial charge in [-0.3, -0.25) is 14.6 Å². The fraction of sp³-hybridized carbons (Fsp3) is 0.450. The number of halogens is 3. The average Bonchev–Trinajstić information content (AvgIpc) is 3.57. The van der Waals surface area contributed by atoms with Gasteiger partial charge in [-0.15, -0.1) is 0 Å². The molecule has 0 spiro atoms. The molecule has 0 bridgehead atoms. The Kier molecular flexibility index (Phi) is 6.67. The van der Waals surface area contributed by atoms with Gasteiger partial charge in [0.1, 0.15) is 17.9 Å². The molecular weight excluding hydrogens is 427 g/mol. The zero-order valence-electron chi connectivity index (χ0n) is 17.5. The van der Waals surface area contributed by atoms with Gasteiger partial charge in [0.25, 0.3) is 0 Å². The summed E-state index contributed by atoms with van der Waals surface area (Å²) in [6, 6.07) is 1.62. The van der Waals surface area contributed by atoms with Crippen LogP contribution < -0.4 is 16.0 Å². The van der Waals surface area contributed by atoms with Crippen molar-refractivity contribution < 1.29 is 22.8 Å². The number of pyridine rings is 1. The Morgan fingerprint density at radius 1 is 1.38 bits per heavy atom. The van der Waals surface area contributed by atoms with Gasteiger partial charge in [-0.05, 0) is 18.9 Å². The first-order chi connectivity index (χ1) is 15.1. The Hall–Kier alpha value is -3.62. The number of alkyl halides is 3. The zero-order valence-corrected chi connectivity index (χ0v) is 17.5. The van der Waals surface area contributed by atoms with Crippen molar-refractivity contribution >= 4 is 23.2 Å². The number of nitriles is 1. The summed E-state index contributed by atoms with van der Waals surface area (Å²) in [6.07, 6.45) is -1.46. The molecule has 3 N–H and O–H groups in total. The summed E-state index contributed by atoms with van der Waals surface area (Å²) < 4.78 is 39.0. The van der Waals surface area contributed by atoms with E-state index >= 15 is 0 Å². The first kappa shape index (κ1) is 23.1. The maximum absolute atomic E-state index is 13.0. The predicted molar refractivity (Wildman–Crippen MR) is 109 cm³/mol. The molecule has 1 aromatic rings. The number of hydrogen-bond acceptors (Lipinski definition) is 7. The number of nitrogens with zero attached hydrogens (tertiary/aromatic N) is 4. The summed E-state index contributed by atoms with van der Waals surface area (Å²) in [6.45, 7) is 0.229. The van der Waals surface area contributed by atoms with Crippen LogP contribution in [0, 0.1) is 17.2 Å². The van der Waals surface area contributed by atoms with Crippen molar-refractivity contribution in [1.29, 1.82) is 5.26 Å². The van der Waals surface area contributed by atoms with E-state index in [0.29, 0.717) is 17.1 Å². The molecule has 0 saturated heterocycles. The molecule has 3 rings (SSSR count). The monoisotopic (exact) mass is 449 g/mol. The van der Waals surface area contributed by atoms with Crippen molar-refractivity contribution in [1.82, 2.24) is 20.5 Å². The van der Waals surface area contributed by atoms with Crippen molar-refractivity contribution in [3.63, 3.8) is 0 Å². The molecule has 2 aliphatic rings. The van der Waals surface area contributed by atoms with Crippen molar-refractivity contribution in [3.8, 4) is 6.07 Å². The molecule has 2 heterocycles. The molecule has 1 atom stereocenters. The van der Waals surface area contributed by atoms with Gasteiger partial charge in [0.15, 0.2) is 5.69 Å². The minimum Gasteiger partial charge on any atom is -0.371 e. The highest BCUT2D eigenvalue weighted by Gasteiger charge is 2.36. The molecule has 0 radical (unpaired) electrons. The Morgan fingerprint density at radius 3 is 2.62 bits per heavy atom. The van der Waals surface area contributed by atoms with Crippen molar-refractivity contribution in [2.45, 2.75) is 31.5 Å². The van der Waals surface area contributed by atoms with Crippen LogP contribution in [0.3, 0.4) is 0 Å². The smallest absolute Gasteiger partial charge is 0.371 e. The van der Waals surface area contributed by atoms with Gasteiger partial charge in [-0.1, -0.05) is 0 Å². The van der Waals surface area contributed by atoms with Gasteiger partial charge < -0.3 is 20.9 Å². The molecule has 32 heavy (non-hydrogen) atoms. The minimum atomic E-state index is -4.59. The molecule has 1 unspecified atom stereocenters. The second-order valence-electron chi connectivity index (χ2n) is 7.72. The summed E-state index contributed by atoms with van der Waals surface area (Å²) >= 11 is 0. The Labute approximate surface area is 182 Å². The molecule has 2 amide bonds. The van der Waals surface area contributed by atoms with Crippen molar-refractivity contribution in [3.05, 3.63) is 35.5 Å². The molecule has 170 valence electrons. The average molecular weight is 449 g/mol. The van der Waals surface area contributed by atoms with Crippen LogP contribution in [0.15, 0.2) is 29.3 Å². The highest BCUT2D eigenvalue weighted by Crippen LogP contribution is 2.29. The lowest BCUT2D eigenvalue weighted by Gasteiger charge is -2.24. The molecule has 1 aliphatic carbocycles. The van der Waals surface area contributed by atoms with Crippen LogP contribution >= 0.6 is 0 Å². The maximum atomic E-state index is 13.0. The SMILES string of the molecule is CN(C)C(=O)C(CC(F)(F)F)Nc1cc(C2=NC=C(NC(=O)C3CC3)NC2)cnc1C#N. The summed E-state index contributed by atoms with van der Waals surface area (Å²) in [5, 5.41) is 17.6. The number of aromatic nitrogens is 1. The zero-order chi connectivity index (χ0) is 23.5. The number of likely N-dealkylation sites (N-methyl/N-ethyl adjacent to an activating group) is 1. The number of rotatable bonds is 7. The molecule has 9 nitrogen and oxygen atoms in total. The van der Waals surface area contributed by atoms with Gasteiger partial charge >= 0.3 is 6.18 Å². The van der Waals surface area contributed by atoms with Crippen LogP contribution in [0.5, 0.6) is 0 Å². The Balaban J connectivity index is 1.82. The first-order valence-electron chi connectivity index (χ1n) is 9.84. The van der Waals surface area contributed by atoms with Crippen molar-refractivity contribution in [2.24, 2.45) is 10.9 Å². The van der Waals surface area contributed by atoms with E-state index in [9.17, 15) is 28.0 Å². The van der Waals surface area contributed by atoms with Crippen LogP contribution in [-0.2, 0) is 9.59 Å². The topological polar surface area (TPSA) is 123 Å². The first-order valence-corrected chi connectivity index (χ1v) is 9.84. The van der Waals surface area contributed by atoms with E-state index < -0.39 is 24.5 Å². The van der Waals surface area contributed by atoms with Crippen LogP contribution in [0.25, 0.3) is 0 Å². The highest BCUT2D eigenvalue weighted by molar-refractivity contribution is 6.03. The third-order valence-corrected chi connectivity index (χ3v) is 4.83. The number of carbonyl (C=O) groups is 2. The van der Waals surface area contributed by atoms with Crippen molar-refractivity contribution in [2.75, 3.05) is 26.0 Å². The number of hydrogen-bond donors (Lipinski definition) is 3. The van der Waals surface area contributed by atoms with Gasteiger partial charge in [0.05, 0.1) is 30.6 Å². The van der Waals surface area contributed by atoms with E-state index in [1.165, 1.54) is 32.6 Å². The third-order valence-electron chi connectivity index (χ3n) is 4.83. The van der Waals surface area contributed by atoms with E-state index in [-0.39, 0.29) is 29.8 Å². The van der Waals surface area contributed by atoms with E-state index in [2.05, 4.69) is 25.9 Å². The second kappa shape index (κ2) is 9.25. The quantitative estimate of drug-likeness (QED) is 0.580. The molecular formula is C20H22F3N7O2. The standard InChI is InChI=1S/C20H22F3N7O2/c1-30(2)19(32)14(6-20(21,22)23)28-13-5-12(8-25-15(13)7-24)16-9-27-17(10-26-16)29-18(31)11-3-4-11/h5,8,10-11,14,27-28H,3-4,6,9H2,1-2H3,(H,29,31). The summed E-state index contributed by atoms with van der Waals surface area (Å²) in [7, 11) is 2.70. The fourth-order valence-electron chi connectivity index (χ4n) is 3.00. The molecule has 1 aromatic heterocycles. The summed E-state index contributed by atoms with van der Waals surface area (Å²) in [5.41, 5.74) is 0.797. The maximum Gasteiger partial charge on any atom is 0.391 e. The lowest BCUT2D eigenvalue weighted by atomic mass is 10.1. The lowest BCUT2D eigenvalue weighted by Crippen LogP contribution is -2.42. The number of aliphatic imine (C=N–C) groups is 1. The van der Waals surface area contributed by atoms with E-state index in [1.807, 2.05) is 6.07 Å². The number of amides is 2. The van der Waals surface area contributed by atoms with Crippen LogP contribution in [0.1, 0.15) is 30.5 Å². The van der Waals surface area contributed by atoms with E-state index in [4.69, 9.17) is 0 Å². The molecule has 1 fully saturated rings. The van der Waals surface area contributed by atoms with Crippen LogP contribution in [0.4, 0.5) is 18.9 Å².